The molecule has 1 unspecified atom stereocenters. The monoisotopic (exact) mass is 272 g/mol. The Morgan fingerprint density at radius 1 is 1.30 bits per heavy atom. The van der Waals surface area contributed by atoms with Crippen molar-refractivity contribution in [1.29, 1.82) is 0 Å². The van der Waals surface area contributed by atoms with Gasteiger partial charge in [0.15, 0.2) is 11.2 Å². The fraction of sp³-hybridized carbons (Fsp3) is 0.412. The first-order valence-electron chi connectivity index (χ1n) is 7.08. The van der Waals surface area contributed by atoms with Crippen molar-refractivity contribution in [2.45, 2.75) is 32.6 Å². The molecule has 0 bridgehead atoms. The van der Waals surface area contributed by atoms with Crippen LogP contribution in [0, 0.1) is 5.41 Å². The van der Waals surface area contributed by atoms with Gasteiger partial charge in [0, 0.05) is 6.42 Å². The van der Waals surface area contributed by atoms with Crippen molar-refractivity contribution in [2.75, 3.05) is 6.61 Å². The Morgan fingerprint density at radius 2 is 2.00 bits per heavy atom. The van der Waals surface area contributed by atoms with Gasteiger partial charge in [0.1, 0.15) is 0 Å². The fourth-order valence-corrected chi connectivity index (χ4v) is 2.83. The number of benzene rings is 1. The second-order valence-corrected chi connectivity index (χ2v) is 5.10. The average molecular weight is 272 g/mol. The summed E-state index contributed by atoms with van der Waals surface area (Å²) in [5.74, 6) is -0.505. The van der Waals surface area contributed by atoms with E-state index < -0.39 is 11.4 Å². The molecule has 0 aliphatic heterocycles. The van der Waals surface area contributed by atoms with Crippen molar-refractivity contribution in [3.8, 4) is 0 Å². The maximum atomic E-state index is 12.5. The van der Waals surface area contributed by atoms with Crippen LogP contribution in [0.15, 0.2) is 36.9 Å². The van der Waals surface area contributed by atoms with Crippen LogP contribution in [-0.4, -0.2) is 18.4 Å². The number of ketones is 1. The van der Waals surface area contributed by atoms with Crippen molar-refractivity contribution in [1.82, 2.24) is 0 Å². The summed E-state index contributed by atoms with van der Waals surface area (Å²) in [5, 5.41) is 0. The predicted molar refractivity (Wildman–Crippen MR) is 78.0 cm³/mol. The van der Waals surface area contributed by atoms with E-state index in [9.17, 15) is 9.59 Å². The molecule has 2 rings (SSSR count). The molecule has 1 aromatic carbocycles. The maximum absolute atomic E-state index is 12.5. The normalized spacial score (nSPS) is 22.4. The zero-order chi connectivity index (χ0) is 14.6. The summed E-state index contributed by atoms with van der Waals surface area (Å²) >= 11 is 0. The van der Waals surface area contributed by atoms with E-state index in [4.69, 9.17) is 4.74 Å². The number of hydrogen-bond acceptors (Lipinski definition) is 3. The third-order valence-corrected chi connectivity index (χ3v) is 3.94. The first-order chi connectivity index (χ1) is 9.63. The molecule has 1 aliphatic carbocycles. The number of hydrogen-bond donors (Lipinski definition) is 0. The molecule has 0 N–H and O–H groups in total. The highest BCUT2D eigenvalue weighted by Gasteiger charge is 2.50. The van der Waals surface area contributed by atoms with Gasteiger partial charge >= 0.3 is 5.97 Å². The lowest BCUT2D eigenvalue weighted by Crippen LogP contribution is -2.43. The van der Waals surface area contributed by atoms with Gasteiger partial charge in [-0.05, 0) is 30.9 Å². The summed E-state index contributed by atoms with van der Waals surface area (Å²) in [6.45, 7) is 6.08. The summed E-state index contributed by atoms with van der Waals surface area (Å²) in [7, 11) is 0. The van der Waals surface area contributed by atoms with Gasteiger partial charge in [-0.3, -0.25) is 9.59 Å². The van der Waals surface area contributed by atoms with Gasteiger partial charge in [0.05, 0.1) is 6.61 Å². The Morgan fingerprint density at radius 3 is 2.60 bits per heavy atom. The molecule has 1 saturated carbocycles. The molecule has 3 nitrogen and oxygen atoms in total. The van der Waals surface area contributed by atoms with Crippen LogP contribution in [0.25, 0.3) is 5.57 Å². The lowest BCUT2D eigenvalue weighted by atomic mass is 9.66. The van der Waals surface area contributed by atoms with Crippen LogP contribution in [0.4, 0.5) is 0 Å². The Hall–Kier alpha value is -1.90. The molecule has 0 saturated heterocycles. The summed E-state index contributed by atoms with van der Waals surface area (Å²) in [6, 6.07) is 9.42. The fourth-order valence-electron chi connectivity index (χ4n) is 2.83. The zero-order valence-corrected chi connectivity index (χ0v) is 11.9. The summed E-state index contributed by atoms with van der Waals surface area (Å²) in [6.07, 6.45) is 2.60. The van der Waals surface area contributed by atoms with Crippen LogP contribution < -0.4 is 0 Å². The third-order valence-electron chi connectivity index (χ3n) is 3.94. The quantitative estimate of drug-likeness (QED) is 0.623. The van der Waals surface area contributed by atoms with Crippen LogP contribution in [-0.2, 0) is 14.3 Å². The van der Waals surface area contributed by atoms with Gasteiger partial charge in [-0.2, -0.15) is 0 Å². The molecule has 20 heavy (non-hydrogen) atoms. The molecule has 1 fully saturated rings. The van der Waals surface area contributed by atoms with Gasteiger partial charge in [-0.25, -0.2) is 0 Å². The van der Waals surface area contributed by atoms with Gasteiger partial charge in [-0.1, -0.05) is 43.3 Å². The number of rotatable bonds is 4. The van der Waals surface area contributed by atoms with Crippen LogP contribution in [0.2, 0.25) is 0 Å². The zero-order valence-electron chi connectivity index (χ0n) is 11.9. The molecular formula is C17H20O3. The molecule has 1 aliphatic rings. The molecule has 106 valence electrons. The highest BCUT2D eigenvalue weighted by Crippen LogP contribution is 2.44. The van der Waals surface area contributed by atoms with Crippen molar-refractivity contribution in [3.05, 3.63) is 42.5 Å². The molecule has 0 spiro atoms. The summed E-state index contributed by atoms with van der Waals surface area (Å²) < 4.78 is 5.18. The van der Waals surface area contributed by atoms with Crippen molar-refractivity contribution >= 4 is 17.3 Å². The SMILES string of the molecule is C=C(c1ccccc1)C1(C(=O)OCC)CCCCC1=O. The Labute approximate surface area is 119 Å². The minimum atomic E-state index is -1.18. The number of Topliss-reactive ketones (excluding diaryl/α,β-unsaturated/α-hetero) is 1. The van der Waals surface area contributed by atoms with E-state index in [-0.39, 0.29) is 12.4 Å². The van der Waals surface area contributed by atoms with Crippen LogP contribution in [0.3, 0.4) is 0 Å². The predicted octanol–water partition coefficient (Wildman–Crippen LogP) is 3.39. The molecule has 1 atom stereocenters. The van der Waals surface area contributed by atoms with Crippen molar-refractivity contribution in [2.24, 2.45) is 5.41 Å². The lowest BCUT2D eigenvalue weighted by molar-refractivity contribution is -0.157. The highest BCUT2D eigenvalue weighted by atomic mass is 16.5. The number of carbonyl (C=O) groups is 2. The van der Waals surface area contributed by atoms with Crippen LogP contribution in [0.1, 0.15) is 38.2 Å². The Kier molecular flexibility index (Phi) is 4.38. The summed E-state index contributed by atoms with van der Waals surface area (Å²) in [4.78, 5) is 24.9. The van der Waals surface area contributed by atoms with E-state index in [1.807, 2.05) is 30.3 Å². The van der Waals surface area contributed by atoms with Crippen LogP contribution in [0.5, 0.6) is 0 Å². The topological polar surface area (TPSA) is 43.4 Å². The van der Waals surface area contributed by atoms with E-state index in [0.29, 0.717) is 18.4 Å². The Balaban J connectivity index is 2.44. The lowest BCUT2D eigenvalue weighted by Gasteiger charge is -2.35. The Bertz CT molecular complexity index is 518. The first kappa shape index (κ1) is 14.5. The largest absolute Gasteiger partial charge is 0.465 e. The second-order valence-electron chi connectivity index (χ2n) is 5.10. The highest BCUT2D eigenvalue weighted by molar-refractivity contribution is 6.14. The van der Waals surface area contributed by atoms with Crippen LogP contribution >= 0.6 is 0 Å². The minimum absolute atomic E-state index is 0.0592. The molecule has 0 heterocycles. The van der Waals surface area contributed by atoms with Gasteiger partial charge in [-0.15, -0.1) is 0 Å². The van der Waals surface area contributed by atoms with E-state index in [1.54, 1.807) is 6.92 Å². The molecule has 0 aromatic heterocycles. The maximum Gasteiger partial charge on any atom is 0.324 e. The first-order valence-corrected chi connectivity index (χ1v) is 7.08. The molecular weight excluding hydrogens is 252 g/mol. The smallest absolute Gasteiger partial charge is 0.324 e. The number of carbonyl (C=O) groups excluding carboxylic acids is 2. The molecule has 0 amide bonds. The van der Waals surface area contributed by atoms with Crippen molar-refractivity contribution in [3.63, 3.8) is 0 Å². The van der Waals surface area contributed by atoms with E-state index in [0.717, 1.165) is 18.4 Å². The van der Waals surface area contributed by atoms with Gasteiger partial charge < -0.3 is 4.74 Å². The van der Waals surface area contributed by atoms with Gasteiger partial charge in [0.25, 0.3) is 0 Å². The molecule has 3 heteroatoms. The van der Waals surface area contributed by atoms with E-state index >= 15 is 0 Å². The molecule has 0 radical (unpaired) electrons. The van der Waals surface area contributed by atoms with Gasteiger partial charge in [0.2, 0.25) is 0 Å². The second kappa shape index (κ2) is 6.04. The van der Waals surface area contributed by atoms with E-state index in [1.165, 1.54) is 0 Å². The number of esters is 1. The van der Waals surface area contributed by atoms with Crippen molar-refractivity contribution < 1.29 is 14.3 Å². The molecule has 1 aromatic rings. The number of ether oxygens (including phenoxy) is 1. The summed E-state index contributed by atoms with van der Waals surface area (Å²) in [5.41, 5.74) is 0.215. The van der Waals surface area contributed by atoms with E-state index in [2.05, 4.69) is 6.58 Å². The average Bonchev–Trinajstić information content (AvgIpc) is 2.48. The standard InChI is InChI=1S/C17H20O3/c1-3-20-16(19)17(12-8-7-11-15(17)18)13(2)14-9-5-4-6-10-14/h4-6,9-10H,2-3,7-8,11-12H2,1H3. The minimum Gasteiger partial charge on any atom is -0.465 e. The third kappa shape index (κ3) is 2.40.